The molecule has 0 spiro atoms. The molecule has 0 bridgehead atoms. The average molecular weight is 465 g/mol. The van der Waals surface area contributed by atoms with Crippen LogP contribution in [0.2, 0.25) is 0 Å². The van der Waals surface area contributed by atoms with E-state index in [-0.39, 0.29) is 0 Å². The summed E-state index contributed by atoms with van der Waals surface area (Å²) in [5.41, 5.74) is 0.258. The highest BCUT2D eigenvalue weighted by Gasteiger charge is 2.29. The second-order valence-corrected chi connectivity index (χ2v) is 8.08. The minimum absolute atomic E-state index is 0.387. The second-order valence-electron chi connectivity index (χ2n) is 8.08. The first-order valence-electron chi connectivity index (χ1n) is 10.7. The predicted octanol–water partition coefficient (Wildman–Crippen LogP) is 5.86. The Bertz CT molecular complexity index is 931. The lowest BCUT2D eigenvalue weighted by molar-refractivity contribution is -0.137. The fourth-order valence-corrected chi connectivity index (χ4v) is 3.38. The molecule has 33 heavy (non-hydrogen) atoms. The van der Waals surface area contributed by atoms with Crippen LogP contribution in [0, 0.1) is 0 Å². The first-order chi connectivity index (χ1) is 15.5. The smallest absolute Gasteiger partial charge is 0.416 e. The molecule has 0 aromatic heterocycles. The number of ether oxygens (including phenoxy) is 2. The number of nitrogens with one attached hydrogen (secondary N) is 1. The summed E-state index contributed by atoms with van der Waals surface area (Å²) in [6.45, 7) is 9.73. The number of carbonyl (C=O) groups excluding carboxylic acids is 1. The molecule has 0 radical (unpaired) electrons. The van der Waals surface area contributed by atoms with Crippen molar-refractivity contribution in [2.75, 3.05) is 25.6 Å². The zero-order chi connectivity index (χ0) is 24.6. The van der Waals surface area contributed by atoms with Gasteiger partial charge in [-0.1, -0.05) is 12.1 Å². The molecular formula is C25H31F3N2O3. The number of halogens is 3. The number of nitrogens with zero attached hydrogens (tertiary/aromatic N) is 1. The van der Waals surface area contributed by atoms with Crippen molar-refractivity contribution in [2.24, 2.45) is 0 Å². The largest absolute Gasteiger partial charge is 0.493 e. The highest BCUT2D eigenvalue weighted by molar-refractivity contribution is 6.02. The van der Waals surface area contributed by atoms with Gasteiger partial charge in [0.05, 0.1) is 12.7 Å². The molecule has 0 aliphatic rings. The van der Waals surface area contributed by atoms with E-state index >= 15 is 0 Å². The van der Waals surface area contributed by atoms with Crippen molar-refractivity contribution in [1.82, 2.24) is 4.90 Å². The number of amides is 1. The number of hydrogen-bond donors (Lipinski definition) is 1. The van der Waals surface area contributed by atoms with Crippen LogP contribution in [0.1, 0.15) is 38.8 Å². The topological polar surface area (TPSA) is 50.8 Å². The average Bonchev–Trinajstić information content (AvgIpc) is 2.74. The van der Waals surface area contributed by atoms with E-state index < -0.39 is 17.6 Å². The molecule has 0 saturated carbocycles. The maximum atomic E-state index is 12.6. The molecule has 0 unspecified atom stereocenters. The van der Waals surface area contributed by atoms with E-state index in [2.05, 4.69) is 37.9 Å². The summed E-state index contributed by atoms with van der Waals surface area (Å²) in [6, 6.07) is 10.4. The zero-order valence-corrected chi connectivity index (χ0v) is 19.6. The monoisotopic (exact) mass is 464 g/mol. The van der Waals surface area contributed by atoms with Gasteiger partial charge in [0.25, 0.3) is 0 Å². The standard InChI is InChI=1S/C25H31F3N2O3/c1-17(2)30(18(3)4)14-15-33-23-16-21(11-12-22(23)32-5)29-24(31)13-8-19-6-9-20(10-7-19)25(26,27)28/h6-13,16-18H,14-15H2,1-5H3,(H,29,31)/b13-8+. The number of rotatable bonds is 10. The molecule has 2 aromatic rings. The minimum atomic E-state index is -4.39. The van der Waals surface area contributed by atoms with Crippen molar-refractivity contribution in [3.05, 3.63) is 59.7 Å². The van der Waals surface area contributed by atoms with Crippen LogP contribution in [-0.4, -0.2) is 43.2 Å². The van der Waals surface area contributed by atoms with Crippen LogP contribution in [0.25, 0.3) is 6.08 Å². The third kappa shape index (κ3) is 8.13. The van der Waals surface area contributed by atoms with Crippen molar-refractivity contribution in [3.8, 4) is 11.5 Å². The second kappa shape index (κ2) is 11.7. The van der Waals surface area contributed by atoms with Gasteiger partial charge in [-0.15, -0.1) is 0 Å². The third-order valence-corrected chi connectivity index (χ3v) is 5.03. The number of benzene rings is 2. The number of alkyl halides is 3. The van der Waals surface area contributed by atoms with E-state index in [0.717, 1.165) is 18.7 Å². The zero-order valence-electron chi connectivity index (χ0n) is 19.6. The molecule has 0 fully saturated rings. The Balaban J connectivity index is 2.01. The quantitative estimate of drug-likeness (QED) is 0.447. The molecule has 2 rings (SSSR count). The molecule has 0 aliphatic heterocycles. The van der Waals surface area contributed by atoms with E-state index in [9.17, 15) is 18.0 Å². The van der Waals surface area contributed by atoms with Crippen LogP contribution in [0.3, 0.4) is 0 Å². The maximum absolute atomic E-state index is 12.6. The molecule has 5 nitrogen and oxygen atoms in total. The van der Waals surface area contributed by atoms with Crippen molar-refractivity contribution in [2.45, 2.75) is 46.0 Å². The highest BCUT2D eigenvalue weighted by Crippen LogP contribution is 2.31. The SMILES string of the molecule is COc1ccc(NC(=O)/C=C/c2ccc(C(F)(F)F)cc2)cc1OCCN(C(C)C)C(C)C. The Kier molecular flexibility index (Phi) is 9.34. The van der Waals surface area contributed by atoms with Crippen LogP contribution in [0.15, 0.2) is 48.5 Å². The molecule has 0 aliphatic carbocycles. The minimum Gasteiger partial charge on any atom is -0.493 e. The first kappa shape index (κ1) is 26.3. The van der Waals surface area contributed by atoms with Crippen LogP contribution < -0.4 is 14.8 Å². The molecule has 0 atom stereocenters. The Morgan fingerprint density at radius 1 is 1.03 bits per heavy atom. The lowest BCUT2D eigenvalue weighted by Crippen LogP contribution is -2.39. The molecular weight excluding hydrogens is 433 g/mol. The molecule has 180 valence electrons. The van der Waals surface area contributed by atoms with Gasteiger partial charge in [-0.2, -0.15) is 13.2 Å². The van der Waals surface area contributed by atoms with E-state index in [1.807, 2.05) is 0 Å². The lowest BCUT2D eigenvalue weighted by atomic mass is 10.1. The normalized spacial score (nSPS) is 12.1. The van der Waals surface area contributed by atoms with Gasteiger partial charge in [0, 0.05) is 36.5 Å². The van der Waals surface area contributed by atoms with E-state index in [0.29, 0.717) is 41.4 Å². The summed E-state index contributed by atoms with van der Waals surface area (Å²) < 4.78 is 49.2. The van der Waals surface area contributed by atoms with Gasteiger partial charge in [0.2, 0.25) is 5.91 Å². The fraction of sp³-hybridized carbons (Fsp3) is 0.400. The van der Waals surface area contributed by atoms with Crippen molar-refractivity contribution < 1.29 is 27.4 Å². The highest BCUT2D eigenvalue weighted by atomic mass is 19.4. The molecule has 1 N–H and O–H groups in total. The van der Waals surface area contributed by atoms with Crippen molar-refractivity contribution >= 4 is 17.7 Å². The Hall–Kier alpha value is -3.00. The summed E-state index contributed by atoms with van der Waals surface area (Å²) in [4.78, 5) is 14.6. The predicted molar refractivity (Wildman–Crippen MR) is 125 cm³/mol. The molecule has 1 amide bonds. The Morgan fingerprint density at radius 3 is 2.21 bits per heavy atom. The summed E-state index contributed by atoms with van der Waals surface area (Å²) in [6.07, 6.45) is -1.69. The summed E-state index contributed by atoms with van der Waals surface area (Å²) in [5, 5.41) is 2.72. The fourth-order valence-electron chi connectivity index (χ4n) is 3.38. The maximum Gasteiger partial charge on any atom is 0.416 e. The van der Waals surface area contributed by atoms with Gasteiger partial charge in [-0.05, 0) is 63.6 Å². The van der Waals surface area contributed by atoms with E-state index in [4.69, 9.17) is 9.47 Å². The Labute approximate surface area is 193 Å². The van der Waals surface area contributed by atoms with Crippen LogP contribution >= 0.6 is 0 Å². The van der Waals surface area contributed by atoms with Gasteiger partial charge in [0.15, 0.2) is 11.5 Å². The molecule has 2 aromatic carbocycles. The third-order valence-electron chi connectivity index (χ3n) is 5.03. The van der Waals surface area contributed by atoms with Gasteiger partial charge < -0.3 is 14.8 Å². The number of methoxy groups -OCH3 is 1. The van der Waals surface area contributed by atoms with Crippen LogP contribution in [0.5, 0.6) is 11.5 Å². The number of anilines is 1. The summed E-state index contributed by atoms with van der Waals surface area (Å²) in [7, 11) is 1.54. The van der Waals surface area contributed by atoms with E-state index in [1.54, 1.807) is 25.3 Å². The van der Waals surface area contributed by atoms with E-state index in [1.165, 1.54) is 24.3 Å². The van der Waals surface area contributed by atoms with Gasteiger partial charge in [-0.25, -0.2) is 0 Å². The van der Waals surface area contributed by atoms with Crippen LogP contribution in [-0.2, 0) is 11.0 Å². The summed E-state index contributed by atoms with van der Waals surface area (Å²) >= 11 is 0. The molecule has 8 heteroatoms. The van der Waals surface area contributed by atoms with Gasteiger partial charge in [0.1, 0.15) is 6.61 Å². The van der Waals surface area contributed by atoms with Gasteiger partial charge >= 0.3 is 6.18 Å². The van der Waals surface area contributed by atoms with Crippen molar-refractivity contribution in [1.29, 1.82) is 0 Å². The molecule has 0 heterocycles. The number of carbonyl (C=O) groups is 1. The Morgan fingerprint density at radius 2 is 1.67 bits per heavy atom. The summed E-state index contributed by atoms with van der Waals surface area (Å²) in [5.74, 6) is 0.639. The lowest BCUT2D eigenvalue weighted by Gasteiger charge is -2.30. The van der Waals surface area contributed by atoms with Crippen molar-refractivity contribution in [3.63, 3.8) is 0 Å². The number of hydrogen-bond acceptors (Lipinski definition) is 4. The van der Waals surface area contributed by atoms with Gasteiger partial charge in [-0.3, -0.25) is 9.69 Å². The molecule has 0 saturated heterocycles. The first-order valence-corrected chi connectivity index (χ1v) is 10.7. The van der Waals surface area contributed by atoms with Crippen LogP contribution in [0.4, 0.5) is 18.9 Å².